The van der Waals surface area contributed by atoms with Gasteiger partial charge in [-0.3, -0.25) is 23.9 Å². The largest absolute Gasteiger partial charge is 0.493 e. The van der Waals surface area contributed by atoms with Gasteiger partial charge in [0.05, 0.1) is 31.8 Å². The van der Waals surface area contributed by atoms with E-state index < -0.39 is 5.92 Å². The smallest absolute Gasteiger partial charge is 0.290 e. The number of benzene rings is 1. The number of aryl methyl sites for hydroxylation is 3. The molecule has 2 aliphatic heterocycles. The zero-order chi connectivity index (χ0) is 32.3. The molecule has 16 nitrogen and oxygen atoms in total. The lowest BCUT2D eigenvalue weighted by molar-refractivity contribution is -0.132. The van der Waals surface area contributed by atoms with Crippen LogP contribution < -0.4 is 14.8 Å². The van der Waals surface area contributed by atoms with E-state index in [2.05, 4.69) is 25.9 Å². The van der Waals surface area contributed by atoms with Crippen molar-refractivity contribution in [1.82, 2.24) is 45.1 Å². The molecule has 0 unspecified atom stereocenters. The minimum absolute atomic E-state index is 0.0644. The molecule has 0 saturated carbocycles. The van der Waals surface area contributed by atoms with Crippen molar-refractivity contribution >= 4 is 24.2 Å². The summed E-state index contributed by atoms with van der Waals surface area (Å²) in [6.45, 7) is 6.28. The summed E-state index contributed by atoms with van der Waals surface area (Å²) in [5.41, 5.74) is 2.66. The van der Waals surface area contributed by atoms with Crippen LogP contribution in [0.5, 0.6) is 11.5 Å². The summed E-state index contributed by atoms with van der Waals surface area (Å²) in [6.07, 6.45) is 2.27. The van der Waals surface area contributed by atoms with Gasteiger partial charge in [-0.2, -0.15) is 5.10 Å². The van der Waals surface area contributed by atoms with Gasteiger partial charge in [-0.25, -0.2) is 4.68 Å². The molecule has 1 aromatic carbocycles. The second-order valence-electron chi connectivity index (χ2n) is 10.8. The predicted molar refractivity (Wildman–Crippen MR) is 158 cm³/mol. The lowest BCUT2D eigenvalue weighted by Crippen LogP contribution is -2.40. The maximum absolute atomic E-state index is 13.5. The highest BCUT2D eigenvalue weighted by Crippen LogP contribution is 2.38. The number of nitrogens with one attached hydrogen (secondary N) is 1. The molecule has 242 valence electrons. The number of aromatic nitrogens is 6. The number of carboxylic acid groups (broad SMARTS) is 1. The number of methoxy groups -OCH3 is 1. The number of carbonyl (C=O) groups excluding carboxylic acids is 3. The Morgan fingerprint density at radius 2 is 1.91 bits per heavy atom. The van der Waals surface area contributed by atoms with Gasteiger partial charge in [0, 0.05) is 44.2 Å². The van der Waals surface area contributed by atoms with E-state index in [4.69, 9.17) is 19.4 Å². The van der Waals surface area contributed by atoms with Crippen molar-refractivity contribution in [2.24, 2.45) is 5.92 Å². The van der Waals surface area contributed by atoms with Gasteiger partial charge in [-0.1, -0.05) is 6.07 Å². The summed E-state index contributed by atoms with van der Waals surface area (Å²) in [5.74, 6) is 0.181. The predicted octanol–water partition coefficient (Wildman–Crippen LogP) is 0.256. The number of tetrazole rings is 1. The standard InChI is InChI=1S/C28H37N9O5.CH2O2/c1-19-13-20(2)37(31-19)17-27(39)34-9-4-8-29-28(40)23-16-35(26(38)7-10-36-18-30-32-33-36)15-22(23)21-5-6-24(41-3)25(14-21)42-12-11-34;2-1-3/h5-6,13-14,18,22-23H,4,7-12,15-17H2,1-3H3,(H,29,40);1H,(H,2,3)/t22-,23+;/m1./s1. The van der Waals surface area contributed by atoms with Crippen molar-refractivity contribution in [2.75, 3.05) is 46.4 Å². The summed E-state index contributed by atoms with van der Waals surface area (Å²) in [5, 5.41) is 25.4. The molecule has 3 aromatic rings. The third kappa shape index (κ3) is 8.55. The van der Waals surface area contributed by atoms with Gasteiger partial charge < -0.3 is 29.7 Å². The maximum atomic E-state index is 13.5. The van der Waals surface area contributed by atoms with Crippen LogP contribution >= 0.6 is 0 Å². The molecule has 1 fully saturated rings. The second-order valence-corrected chi connectivity index (χ2v) is 10.8. The quantitative estimate of drug-likeness (QED) is 0.358. The third-order valence-electron chi connectivity index (χ3n) is 7.84. The second kappa shape index (κ2) is 15.6. The number of carbonyl (C=O) groups is 4. The van der Waals surface area contributed by atoms with E-state index in [9.17, 15) is 14.4 Å². The first-order valence-corrected chi connectivity index (χ1v) is 14.7. The van der Waals surface area contributed by atoms with Crippen LogP contribution in [-0.4, -0.2) is 116 Å². The van der Waals surface area contributed by atoms with E-state index in [1.165, 1.54) is 11.0 Å². The highest BCUT2D eigenvalue weighted by Gasteiger charge is 2.40. The van der Waals surface area contributed by atoms with E-state index in [1.54, 1.807) is 21.6 Å². The fourth-order valence-corrected chi connectivity index (χ4v) is 5.60. The number of rotatable bonds is 6. The van der Waals surface area contributed by atoms with Crippen LogP contribution in [0.25, 0.3) is 0 Å². The molecule has 0 spiro atoms. The van der Waals surface area contributed by atoms with Crippen molar-refractivity contribution in [2.45, 2.75) is 45.7 Å². The molecule has 1 saturated heterocycles. The van der Waals surface area contributed by atoms with Crippen molar-refractivity contribution in [3.05, 3.63) is 47.5 Å². The minimum Gasteiger partial charge on any atom is -0.493 e. The Labute approximate surface area is 260 Å². The SMILES string of the molecule is COc1ccc2cc1OCCN(C(=O)Cn1nc(C)cc1C)CCCNC(=O)[C@H]1CN(C(=O)CCn3cnnn3)C[C@H]21.O=CO. The Morgan fingerprint density at radius 1 is 1.13 bits per heavy atom. The Bertz CT molecular complexity index is 1460. The molecule has 16 heteroatoms. The minimum atomic E-state index is -0.435. The topological polar surface area (TPSA) is 187 Å². The molecule has 5 rings (SSSR count). The van der Waals surface area contributed by atoms with Crippen molar-refractivity contribution in [3.8, 4) is 11.5 Å². The van der Waals surface area contributed by atoms with Crippen molar-refractivity contribution in [1.29, 1.82) is 0 Å². The summed E-state index contributed by atoms with van der Waals surface area (Å²) in [4.78, 5) is 51.7. The lowest BCUT2D eigenvalue weighted by Gasteiger charge is -2.25. The van der Waals surface area contributed by atoms with Crippen molar-refractivity contribution in [3.63, 3.8) is 0 Å². The molecule has 2 N–H and O–H groups in total. The normalized spacial score (nSPS) is 18.4. The highest BCUT2D eigenvalue weighted by molar-refractivity contribution is 5.83. The lowest BCUT2D eigenvalue weighted by atomic mass is 9.88. The first-order valence-electron chi connectivity index (χ1n) is 14.7. The molecular formula is C29H39N9O7. The number of hydrogen-bond donors (Lipinski definition) is 2. The molecule has 0 radical (unpaired) electrons. The van der Waals surface area contributed by atoms with E-state index >= 15 is 0 Å². The maximum Gasteiger partial charge on any atom is 0.290 e. The van der Waals surface area contributed by atoms with Crippen LogP contribution in [-0.2, 0) is 32.3 Å². The van der Waals surface area contributed by atoms with Crippen LogP contribution in [0.1, 0.15) is 35.7 Å². The average molecular weight is 626 g/mol. The Hall–Kier alpha value is -5.02. The van der Waals surface area contributed by atoms with Crippen LogP contribution in [0.4, 0.5) is 0 Å². The molecule has 2 aromatic heterocycles. The average Bonchev–Trinajstić information content (AvgIpc) is 3.77. The van der Waals surface area contributed by atoms with E-state index in [-0.39, 0.29) is 49.7 Å². The van der Waals surface area contributed by atoms with Crippen LogP contribution in [0, 0.1) is 19.8 Å². The van der Waals surface area contributed by atoms with E-state index in [0.29, 0.717) is 57.2 Å². The van der Waals surface area contributed by atoms with Crippen molar-refractivity contribution < 1.29 is 33.8 Å². The van der Waals surface area contributed by atoms with E-state index in [1.807, 2.05) is 38.1 Å². The molecule has 3 amide bonds. The zero-order valence-corrected chi connectivity index (χ0v) is 25.7. The monoisotopic (exact) mass is 625 g/mol. The van der Waals surface area contributed by atoms with Gasteiger partial charge in [-0.05, 0) is 54.5 Å². The number of amides is 3. The summed E-state index contributed by atoms with van der Waals surface area (Å²) in [7, 11) is 1.57. The fourth-order valence-electron chi connectivity index (χ4n) is 5.60. The zero-order valence-electron chi connectivity index (χ0n) is 25.7. The Balaban J connectivity index is 0.00000148. The van der Waals surface area contributed by atoms with Gasteiger partial charge in [-0.15, -0.1) is 5.10 Å². The summed E-state index contributed by atoms with van der Waals surface area (Å²) < 4.78 is 14.9. The summed E-state index contributed by atoms with van der Waals surface area (Å²) >= 11 is 0. The van der Waals surface area contributed by atoms with E-state index in [0.717, 1.165) is 17.0 Å². The molecule has 2 aliphatic rings. The van der Waals surface area contributed by atoms with Gasteiger partial charge in [0.15, 0.2) is 11.5 Å². The molecule has 2 atom stereocenters. The van der Waals surface area contributed by atoms with Gasteiger partial charge >= 0.3 is 0 Å². The molecule has 2 bridgehead atoms. The number of hydrogen-bond acceptors (Lipinski definition) is 10. The van der Waals surface area contributed by atoms with Crippen LogP contribution in [0.2, 0.25) is 0 Å². The van der Waals surface area contributed by atoms with Crippen LogP contribution in [0.3, 0.4) is 0 Å². The van der Waals surface area contributed by atoms with Crippen LogP contribution in [0.15, 0.2) is 30.6 Å². The molecule has 0 aliphatic carbocycles. The summed E-state index contributed by atoms with van der Waals surface area (Å²) in [6, 6.07) is 7.56. The van der Waals surface area contributed by atoms with Gasteiger partial charge in [0.1, 0.15) is 19.5 Å². The number of fused-ring (bicyclic) bond motifs is 4. The molecule has 45 heavy (non-hydrogen) atoms. The Morgan fingerprint density at radius 3 is 2.60 bits per heavy atom. The number of nitrogens with zero attached hydrogens (tertiary/aromatic N) is 8. The number of ether oxygens (including phenoxy) is 2. The highest BCUT2D eigenvalue weighted by atomic mass is 16.5. The third-order valence-corrected chi connectivity index (χ3v) is 7.84. The fraction of sp³-hybridized carbons (Fsp3) is 0.517. The first kappa shape index (κ1) is 32.9. The molecule has 4 heterocycles. The Kier molecular flexibility index (Phi) is 11.4. The number of likely N-dealkylation sites (tertiary alicyclic amines) is 1. The van der Waals surface area contributed by atoms with Gasteiger partial charge in [0.2, 0.25) is 17.7 Å². The van der Waals surface area contributed by atoms with Gasteiger partial charge in [0.25, 0.3) is 6.47 Å². The first-order chi connectivity index (χ1) is 21.7. The molecular weight excluding hydrogens is 586 g/mol.